The average Bonchev–Trinajstić information content (AvgIpc) is 3.79. The largest absolute Gasteiger partial charge is 0.455 e. The van der Waals surface area contributed by atoms with Gasteiger partial charge in [0, 0.05) is 38.2 Å². The first-order valence-electron chi connectivity index (χ1n) is 18.8. The number of rotatable bonds is 5. The second-order valence-corrected chi connectivity index (χ2v) is 14.5. The van der Waals surface area contributed by atoms with Crippen LogP contribution in [0.5, 0.6) is 0 Å². The van der Waals surface area contributed by atoms with Crippen LogP contribution in [0, 0.1) is 0 Å². The van der Waals surface area contributed by atoms with Gasteiger partial charge in [-0.2, -0.15) is 9.97 Å². The normalized spacial score (nSPS) is 11.6. The molecule has 0 amide bonds. The molecule has 0 aliphatic heterocycles. The second-order valence-electron chi connectivity index (χ2n) is 14.5. The predicted octanol–water partition coefficient (Wildman–Crippen LogP) is 2.83. The van der Waals surface area contributed by atoms with Crippen molar-refractivity contribution in [1.29, 1.82) is 0 Å². The van der Waals surface area contributed by atoms with Crippen LogP contribution >= 0.6 is 0 Å². The van der Waals surface area contributed by atoms with Gasteiger partial charge >= 0.3 is 0 Å². The van der Waals surface area contributed by atoms with Crippen molar-refractivity contribution in [2.75, 3.05) is 0 Å². The van der Waals surface area contributed by atoms with E-state index in [0.717, 1.165) is 60.6 Å². The Balaban J connectivity index is 1.27. The van der Waals surface area contributed by atoms with Gasteiger partial charge in [-0.3, -0.25) is 4.57 Å². The molecule has 0 radical (unpaired) electrons. The Hall–Kier alpha value is -6.53. The van der Waals surface area contributed by atoms with E-state index in [1.165, 1.54) is 43.8 Å². The van der Waals surface area contributed by atoms with Gasteiger partial charge in [-0.1, -0.05) is 132 Å². The minimum Gasteiger partial charge on any atom is -0.455 e. The Morgan fingerprint density at radius 1 is 0.418 bits per heavy atom. The van der Waals surface area contributed by atoms with Crippen LogP contribution in [0.25, 0.3) is 94.7 Å². The summed E-state index contributed by atoms with van der Waals surface area (Å²) in [5.74, 6) is 1.75. The lowest BCUT2D eigenvalue weighted by atomic mass is 9.59. The van der Waals surface area contributed by atoms with E-state index >= 15 is 0 Å². The third-order valence-corrected chi connectivity index (χ3v) is 11.7. The van der Waals surface area contributed by atoms with E-state index in [1.807, 2.05) is 36.4 Å². The van der Waals surface area contributed by atoms with E-state index in [0.29, 0.717) is 17.6 Å². The topological polar surface area (TPSA) is 56.7 Å². The molecule has 3 heterocycles. The van der Waals surface area contributed by atoms with E-state index in [2.05, 4.69) is 147 Å². The van der Waals surface area contributed by atoms with Crippen LogP contribution in [-0.2, 0) is 0 Å². The molecule has 0 aliphatic carbocycles. The van der Waals surface area contributed by atoms with E-state index in [9.17, 15) is 0 Å². The number of furan rings is 1. The Morgan fingerprint density at radius 2 is 0.982 bits per heavy atom. The van der Waals surface area contributed by atoms with Crippen molar-refractivity contribution in [3.05, 3.63) is 140 Å². The number of fused-ring (bicyclic) bond motifs is 6. The highest BCUT2D eigenvalue weighted by molar-refractivity contribution is 6.69. The summed E-state index contributed by atoms with van der Waals surface area (Å²) in [4.78, 5) is 15.8. The molecule has 55 heavy (non-hydrogen) atoms. The molecular formula is C45H33B5N4O. The summed E-state index contributed by atoms with van der Waals surface area (Å²) in [6.07, 6.45) is 0. The van der Waals surface area contributed by atoms with Crippen molar-refractivity contribution >= 4 is 110 Å². The number of aromatic nitrogens is 4. The molecule has 5 nitrogen and oxygen atoms in total. The zero-order valence-corrected chi connectivity index (χ0v) is 31.5. The summed E-state index contributed by atoms with van der Waals surface area (Å²) in [6, 6.07) is 48.3. The molecule has 0 spiro atoms. The highest BCUT2D eigenvalue weighted by Gasteiger charge is 2.23. The first kappa shape index (κ1) is 33.1. The Bertz CT molecular complexity index is 3130. The predicted molar refractivity (Wildman–Crippen MR) is 244 cm³/mol. The standard InChI is InChI=1S/C45H33B5N4O/c46-37-36(38(47)40(49)41(50)39(37)48)28-18-10-22-32-34(28)27-16-7-8-21-31(27)54(32)45-52-43(25-14-5-2-6-15-25)51-44(53-45)30-20-11-23-33-35(30)29-19-9-17-26(42(29)55-33)24-12-3-1-4-13-24/h1-23H,46-50H2. The summed E-state index contributed by atoms with van der Waals surface area (Å²) >= 11 is 0. The third-order valence-electron chi connectivity index (χ3n) is 11.7. The van der Waals surface area contributed by atoms with Crippen molar-refractivity contribution in [1.82, 2.24) is 19.5 Å². The first-order chi connectivity index (χ1) is 26.9. The highest BCUT2D eigenvalue weighted by atomic mass is 16.3. The van der Waals surface area contributed by atoms with Crippen LogP contribution in [-0.4, -0.2) is 58.8 Å². The van der Waals surface area contributed by atoms with E-state index in [4.69, 9.17) is 19.4 Å². The van der Waals surface area contributed by atoms with Crippen molar-refractivity contribution in [2.45, 2.75) is 0 Å². The minimum atomic E-state index is 0.562. The maximum atomic E-state index is 6.65. The number of nitrogens with zero attached hydrogens (tertiary/aromatic N) is 4. The molecule has 10 heteroatoms. The molecule has 0 bridgehead atoms. The van der Waals surface area contributed by atoms with Crippen LogP contribution in [0.15, 0.2) is 144 Å². The van der Waals surface area contributed by atoms with Crippen molar-refractivity contribution in [2.24, 2.45) is 0 Å². The number of hydrogen-bond donors (Lipinski definition) is 0. The van der Waals surface area contributed by atoms with Gasteiger partial charge in [0.1, 0.15) is 50.4 Å². The van der Waals surface area contributed by atoms with Crippen molar-refractivity contribution in [3.8, 4) is 51.0 Å². The summed E-state index contributed by atoms with van der Waals surface area (Å²) in [5, 5.41) is 4.34. The fourth-order valence-electron chi connectivity index (χ4n) is 8.53. The highest BCUT2D eigenvalue weighted by Crippen LogP contribution is 2.41. The lowest BCUT2D eigenvalue weighted by Gasteiger charge is -2.21. The summed E-state index contributed by atoms with van der Waals surface area (Å²) in [5.41, 5.74) is 16.9. The smallest absolute Gasteiger partial charge is 0.238 e. The molecule has 0 saturated carbocycles. The Kier molecular flexibility index (Phi) is 7.70. The Labute approximate surface area is 323 Å². The minimum absolute atomic E-state index is 0.562. The van der Waals surface area contributed by atoms with E-state index < -0.39 is 0 Å². The van der Waals surface area contributed by atoms with E-state index in [1.54, 1.807) is 0 Å². The maximum Gasteiger partial charge on any atom is 0.238 e. The summed E-state index contributed by atoms with van der Waals surface area (Å²) in [7, 11) is 11.2. The van der Waals surface area contributed by atoms with Crippen LogP contribution in [0.2, 0.25) is 0 Å². The molecule has 10 aromatic rings. The molecule has 0 atom stereocenters. The first-order valence-corrected chi connectivity index (χ1v) is 18.8. The van der Waals surface area contributed by atoms with Gasteiger partial charge in [-0.25, -0.2) is 4.98 Å². The summed E-state index contributed by atoms with van der Waals surface area (Å²) < 4.78 is 8.87. The van der Waals surface area contributed by atoms with Crippen LogP contribution in [0.1, 0.15) is 0 Å². The molecular weight excluding hydrogens is 667 g/mol. The SMILES string of the molecule is Bc1c(B)c(B)c(-c2cccc3c2c2ccccc2n3-c2nc(-c3ccccc3)nc(-c3cccc4oc5c(-c6ccccc6)cccc5c34)n2)c(B)c1B. The molecule has 254 valence electrons. The average molecular weight is 700 g/mol. The fourth-order valence-corrected chi connectivity index (χ4v) is 8.53. The molecule has 0 saturated heterocycles. The molecule has 0 aliphatic rings. The van der Waals surface area contributed by atoms with Gasteiger partial charge in [0.05, 0.1) is 11.0 Å². The zero-order valence-electron chi connectivity index (χ0n) is 31.5. The molecule has 10 rings (SSSR count). The molecule has 0 N–H and O–H groups in total. The molecule has 0 fully saturated rings. The van der Waals surface area contributed by atoms with Gasteiger partial charge in [0.2, 0.25) is 5.95 Å². The zero-order chi connectivity index (χ0) is 37.4. The van der Waals surface area contributed by atoms with Crippen LogP contribution < -0.4 is 27.3 Å². The molecule has 3 aromatic heterocycles. The van der Waals surface area contributed by atoms with Crippen molar-refractivity contribution < 1.29 is 4.42 Å². The lowest BCUT2D eigenvalue weighted by molar-refractivity contribution is 0.670. The van der Waals surface area contributed by atoms with Crippen LogP contribution in [0.3, 0.4) is 0 Å². The van der Waals surface area contributed by atoms with E-state index in [-0.39, 0.29) is 0 Å². The van der Waals surface area contributed by atoms with Crippen molar-refractivity contribution in [3.63, 3.8) is 0 Å². The fraction of sp³-hybridized carbons (Fsp3) is 0. The Morgan fingerprint density at radius 3 is 1.75 bits per heavy atom. The van der Waals surface area contributed by atoms with Gasteiger partial charge in [-0.05, 0) is 34.9 Å². The quantitative estimate of drug-likeness (QED) is 0.260. The summed E-state index contributed by atoms with van der Waals surface area (Å²) in [6.45, 7) is 0. The number of para-hydroxylation sites is 2. The maximum absolute atomic E-state index is 6.65. The van der Waals surface area contributed by atoms with Gasteiger partial charge in [0.25, 0.3) is 0 Å². The lowest BCUT2D eigenvalue weighted by Crippen LogP contribution is -2.55. The number of hydrogen-bond acceptors (Lipinski definition) is 4. The van der Waals surface area contributed by atoms with Gasteiger partial charge in [0.15, 0.2) is 11.6 Å². The van der Waals surface area contributed by atoms with Gasteiger partial charge in [-0.15, -0.1) is 16.4 Å². The molecule has 7 aromatic carbocycles. The third kappa shape index (κ3) is 5.12. The monoisotopic (exact) mass is 700 g/mol. The molecule has 0 unspecified atom stereocenters. The van der Waals surface area contributed by atoms with Gasteiger partial charge < -0.3 is 4.42 Å². The van der Waals surface area contributed by atoms with Crippen LogP contribution in [0.4, 0.5) is 0 Å². The number of benzene rings is 7. The second kappa shape index (κ2) is 12.8.